The number of carbonyl (C=O) groups is 1. The quantitative estimate of drug-likeness (QED) is 0.480. The smallest absolute Gasteiger partial charge is 0.412 e. The number of pyridine rings is 1. The van der Waals surface area contributed by atoms with Gasteiger partial charge in [0.15, 0.2) is 16.7 Å². The normalized spacial score (nSPS) is 13.2. The maximum absolute atomic E-state index is 11.8. The molecule has 6 nitrogen and oxygen atoms in total. The summed E-state index contributed by atoms with van der Waals surface area (Å²) in [6.45, 7) is 9.51. The SMILES string of the molecule is CCOC(=O)Nc1nc(Cl)c2c(c1Cl)-c1ccc(OC[C@H](C)CC(C)C)cc1CO2. The zero-order chi connectivity index (χ0) is 21.8. The van der Waals surface area contributed by atoms with Crippen molar-refractivity contribution in [2.75, 3.05) is 18.5 Å². The first-order valence-corrected chi connectivity index (χ1v) is 10.8. The summed E-state index contributed by atoms with van der Waals surface area (Å²) >= 11 is 12.9. The van der Waals surface area contributed by atoms with Gasteiger partial charge in [0.2, 0.25) is 0 Å². The largest absolute Gasteiger partial charge is 0.493 e. The summed E-state index contributed by atoms with van der Waals surface area (Å²) in [4.78, 5) is 15.9. The average molecular weight is 453 g/mol. The van der Waals surface area contributed by atoms with Crippen LogP contribution in [0.2, 0.25) is 10.2 Å². The van der Waals surface area contributed by atoms with Crippen LogP contribution in [0.15, 0.2) is 18.2 Å². The molecule has 1 aromatic carbocycles. The Morgan fingerprint density at radius 1 is 1.30 bits per heavy atom. The van der Waals surface area contributed by atoms with Crippen LogP contribution in [0.25, 0.3) is 11.1 Å². The van der Waals surface area contributed by atoms with E-state index < -0.39 is 6.09 Å². The number of nitrogens with one attached hydrogen (secondary N) is 1. The lowest BCUT2D eigenvalue weighted by Gasteiger charge is -2.24. The van der Waals surface area contributed by atoms with Gasteiger partial charge in [0.1, 0.15) is 12.4 Å². The standard InChI is InChI=1S/C22H26Cl2N2O4/c1-5-28-22(27)26-21-18(23)17-16-7-6-15(29-10-13(4)8-12(2)3)9-14(16)11-30-19(17)20(24)25-21/h6-7,9,12-13H,5,8,10-11H2,1-4H3,(H,25,26,27)/t13-/m1/s1. The summed E-state index contributed by atoms with van der Waals surface area (Å²) in [5.41, 5.74) is 2.37. The molecule has 1 aromatic heterocycles. The van der Waals surface area contributed by atoms with Crippen LogP contribution in [0.3, 0.4) is 0 Å². The second kappa shape index (κ2) is 9.75. The lowest BCUT2D eigenvalue weighted by molar-refractivity contribution is 0.168. The predicted octanol–water partition coefficient (Wildman–Crippen LogP) is 6.58. The number of amides is 1. The minimum absolute atomic E-state index is 0.120. The molecule has 0 aliphatic carbocycles. The minimum atomic E-state index is -0.654. The number of aromatic nitrogens is 1. The van der Waals surface area contributed by atoms with Gasteiger partial charge in [-0.05, 0) is 42.9 Å². The number of benzene rings is 1. The summed E-state index contributed by atoms with van der Waals surface area (Å²) in [6, 6.07) is 5.78. The summed E-state index contributed by atoms with van der Waals surface area (Å²) in [7, 11) is 0. The van der Waals surface area contributed by atoms with Crippen molar-refractivity contribution >= 4 is 35.1 Å². The molecule has 162 valence electrons. The van der Waals surface area contributed by atoms with Crippen LogP contribution < -0.4 is 14.8 Å². The lowest BCUT2D eigenvalue weighted by Crippen LogP contribution is -2.16. The number of nitrogens with zero attached hydrogens (tertiary/aromatic N) is 1. The molecule has 2 heterocycles. The summed E-state index contributed by atoms with van der Waals surface area (Å²) in [5, 5.41) is 2.88. The van der Waals surface area contributed by atoms with Gasteiger partial charge >= 0.3 is 6.09 Å². The molecule has 0 bridgehead atoms. The van der Waals surface area contributed by atoms with Crippen molar-refractivity contribution in [1.82, 2.24) is 4.98 Å². The fourth-order valence-electron chi connectivity index (χ4n) is 3.52. The fraction of sp³-hybridized carbons (Fsp3) is 0.455. The molecular formula is C22H26Cl2N2O4. The molecule has 0 saturated carbocycles. The fourth-order valence-corrected chi connectivity index (χ4v) is 4.03. The van der Waals surface area contributed by atoms with E-state index in [1.807, 2.05) is 18.2 Å². The van der Waals surface area contributed by atoms with Gasteiger partial charge in [-0.1, -0.05) is 50.0 Å². The first-order chi connectivity index (χ1) is 14.3. The number of hydrogen-bond acceptors (Lipinski definition) is 5. The Labute approximate surface area is 186 Å². The zero-order valence-corrected chi connectivity index (χ0v) is 19.1. The van der Waals surface area contributed by atoms with Gasteiger partial charge in [0.25, 0.3) is 0 Å². The highest BCUT2D eigenvalue weighted by Crippen LogP contribution is 2.48. The molecule has 0 spiro atoms. The first kappa shape index (κ1) is 22.5. The van der Waals surface area contributed by atoms with Crippen LogP contribution in [0.5, 0.6) is 11.5 Å². The van der Waals surface area contributed by atoms with Gasteiger partial charge in [0, 0.05) is 11.1 Å². The van der Waals surface area contributed by atoms with Gasteiger partial charge in [-0.2, -0.15) is 0 Å². The van der Waals surface area contributed by atoms with E-state index in [4.69, 9.17) is 37.4 Å². The second-order valence-corrected chi connectivity index (χ2v) is 8.50. The molecule has 1 aliphatic rings. The van der Waals surface area contributed by atoms with Crippen LogP contribution in [0.4, 0.5) is 10.6 Å². The van der Waals surface area contributed by atoms with E-state index in [1.165, 1.54) is 0 Å². The third-order valence-corrected chi connectivity index (χ3v) is 5.30. The van der Waals surface area contributed by atoms with Gasteiger partial charge in [-0.3, -0.25) is 5.32 Å². The van der Waals surface area contributed by atoms with E-state index in [2.05, 4.69) is 31.1 Å². The number of anilines is 1. The van der Waals surface area contributed by atoms with E-state index >= 15 is 0 Å². The molecular weight excluding hydrogens is 427 g/mol. The number of hydrogen-bond donors (Lipinski definition) is 1. The third kappa shape index (κ3) is 5.10. The lowest BCUT2D eigenvalue weighted by atomic mass is 9.97. The van der Waals surface area contributed by atoms with Crippen molar-refractivity contribution in [3.05, 3.63) is 33.9 Å². The van der Waals surface area contributed by atoms with Crippen molar-refractivity contribution < 1.29 is 19.0 Å². The highest BCUT2D eigenvalue weighted by molar-refractivity contribution is 6.38. The van der Waals surface area contributed by atoms with Gasteiger partial charge in [0.05, 0.1) is 18.2 Å². The molecule has 1 atom stereocenters. The van der Waals surface area contributed by atoms with Crippen molar-refractivity contribution in [3.63, 3.8) is 0 Å². The van der Waals surface area contributed by atoms with Crippen LogP contribution in [0, 0.1) is 11.8 Å². The molecule has 2 aromatic rings. The van der Waals surface area contributed by atoms with Gasteiger partial charge < -0.3 is 14.2 Å². The van der Waals surface area contributed by atoms with Crippen molar-refractivity contribution in [2.45, 2.75) is 40.7 Å². The van der Waals surface area contributed by atoms with E-state index in [9.17, 15) is 4.79 Å². The number of fused-ring (bicyclic) bond motifs is 3. The predicted molar refractivity (Wildman–Crippen MR) is 119 cm³/mol. The van der Waals surface area contributed by atoms with E-state index in [0.29, 0.717) is 36.4 Å². The molecule has 0 fully saturated rings. The summed E-state index contributed by atoms with van der Waals surface area (Å²) in [6.07, 6.45) is 0.456. The maximum atomic E-state index is 11.8. The van der Waals surface area contributed by atoms with E-state index in [1.54, 1.807) is 6.92 Å². The van der Waals surface area contributed by atoms with Crippen LogP contribution in [-0.2, 0) is 11.3 Å². The Morgan fingerprint density at radius 3 is 2.77 bits per heavy atom. The molecule has 0 radical (unpaired) electrons. The van der Waals surface area contributed by atoms with Crippen molar-refractivity contribution in [1.29, 1.82) is 0 Å². The number of rotatable bonds is 7. The molecule has 30 heavy (non-hydrogen) atoms. The third-order valence-electron chi connectivity index (χ3n) is 4.67. The van der Waals surface area contributed by atoms with Gasteiger partial charge in [-0.15, -0.1) is 0 Å². The van der Waals surface area contributed by atoms with Crippen LogP contribution in [0.1, 0.15) is 39.7 Å². The summed E-state index contributed by atoms with van der Waals surface area (Å²) < 4.78 is 16.7. The molecule has 0 unspecified atom stereocenters. The highest BCUT2D eigenvalue weighted by Gasteiger charge is 2.27. The Hall–Kier alpha value is -2.18. The highest BCUT2D eigenvalue weighted by atomic mass is 35.5. The summed E-state index contributed by atoms with van der Waals surface area (Å²) in [5.74, 6) is 2.39. The van der Waals surface area contributed by atoms with Crippen LogP contribution in [-0.4, -0.2) is 24.3 Å². The zero-order valence-electron chi connectivity index (χ0n) is 17.6. The van der Waals surface area contributed by atoms with E-state index in [-0.39, 0.29) is 22.6 Å². The molecule has 1 N–H and O–H groups in total. The van der Waals surface area contributed by atoms with E-state index in [0.717, 1.165) is 23.3 Å². The number of ether oxygens (including phenoxy) is 3. The molecule has 3 rings (SSSR count). The Balaban J connectivity index is 1.87. The first-order valence-electron chi connectivity index (χ1n) is 10.0. The Bertz CT molecular complexity index is 934. The number of halogens is 2. The van der Waals surface area contributed by atoms with Crippen LogP contribution >= 0.6 is 23.2 Å². The monoisotopic (exact) mass is 452 g/mol. The van der Waals surface area contributed by atoms with Crippen molar-refractivity contribution in [3.8, 4) is 22.6 Å². The minimum Gasteiger partial charge on any atom is -0.493 e. The van der Waals surface area contributed by atoms with Crippen molar-refractivity contribution in [2.24, 2.45) is 11.8 Å². The second-order valence-electron chi connectivity index (χ2n) is 7.77. The average Bonchev–Trinajstić information content (AvgIpc) is 2.69. The Morgan fingerprint density at radius 2 is 2.07 bits per heavy atom. The molecule has 1 amide bonds. The Kier molecular flexibility index (Phi) is 7.32. The van der Waals surface area contributed by atoms with Gasteiger partial charge in [-0.25, -0.2) is 9.78 Å². The molecule has 8 heteroatoms. The maximum Gasteiger partial charge on any atom is 0.412 e. The molecule has 1 aliphatic heterocycles. The topological polar surface area (TPSA) is 69.7 Å². The number of carbonyl (C=O) groups excluding carboxylic acids is 1. The molecule has 0 saturated heterocycles.